The molecule has 0 amide bonds. The zero-order valence-corrected chi connectivity index (χ0v) is 9.52. The summed E-state index contributed by atoms with van der Waals surface area (Å²) in [7, 11) is -3.32. The molecule has 0 aromatic heterocycles. The molecule has 2 heterocycles. The first-order valence-corrected chi connectivity index (χ1v) is 6.64. The van der Waals surface area contributed by atoms with Crippen molar-refractivity contribution in [1.29, 1.82) is 0 Å². The van der Waals surface area contributed by atoms with Gasteiger partial charge in [0.15, 0.2) is 0 Å². The Labute approximate surface area is 95.0 Å². The fourth-order valence-corrected chi connectivity index (χ4v) is 3.85. The monoisotopic (exact) mass is 236 g/mol. The predicted molar refractivity (Wildman–Crippen MR) is 62.1 cm³/mol. The number of rotatable bonds is 1. The Morgan fingerprint density at radius 3 is 2.50 bits per heavy atom. The molecule has 0 atom stereocenters. The Balaban J connectivity index is 2.06. The van der Waals surface area contributed by atoms with E-state index < -0.39 is 10.2 Å². The summed E-state index contributed by atoms with van der Waals surface area (Å²) >= 11 is 0. The Kier molecular flexibility index (Phi) is 1.97. The molecule has 2 aliphatic rings. The zero-order valence-electron chi connectivity index (χ0n) is 8.70. The van der Waals surface area contributed by atoms with Crippen LogP contribution in [0.5, 0.6) is 0 Å². The molecule has 0 saturated carbocycles. The number of para-hydroxylation sites is 1. The van der Waals surface area contributed by atoms with E-state index >= 15 is 0 Å². The summed E-state index contributed by atoms with van der Waals surface area (Å²) in [5.41, 5.74) is 1.64. The number of nitrogens with zero attached hydrogens (tertiary/aromatic N) is 2. The van der Waals surface area contributed by atoms with E-state index in [0.29, 0.717) is 13.1 Å². The predicted octanol–water partition coefficient (Wildman–Crippen LogP) is 1.34. The van der Waals surface area contributed by atoms with Gasteiger partial charge in [-0.1, -0.05) is 24.3 Å². The topological polar surface area (TPSA) is 40.6 Å². The van der Waals surface area contributed by atoms with Crippen LogP contribution in [0.15, 0.2) is 42.1 Å². The lowest BCUT2D eigenvalue weighted by Gasteiger charge is -2.19. The smallest absolute Gasteiger partial charge is 0.255 e. The minimum atomic E-state index is -3.32. The molecule has 0 radical (unpaired) electrons. The standard InChI is InChI=1S/C11H12N2O2S/c14-16(15)12-8-4-7-11(12)9-13(16)10-5-2-1-3-6-10/h1-3,5-7H,4,8-9H2. The molecule has 1 fully saturated rings. The molecule has 0 N–H and O–H groups in total. The maximum Gasteiger partial charge on any atom is 0.326 e. The van der Waals surface area contributed by atoms with Crippen molar-refractivity contribution in [2.75, 3.05) is 17.4 Å². The lowest BCUT2D eigenvalue weighted by Crippen LogP contribution is -2.32. The van der Waals surface area contributed by atoms with Crippen LogP contribution in [0.1, 0.15) is 6.42 Å². The Hall–Kier alpha value is -1.49. The molecule has 1 saturated heterocycles. The first kappa shape index (κ1) is 9.72. The van der Waals surface area contributed by atoms with Gasteiger partial charge in [0.05, 0.1) is 12.2 Å². The van der Waals surface area contributed by atoms with Gasteiger partial charge in [0.1, 0.15) is 0 Å². The second-order valence-corrected chi connectivity index (χ2v) is 5.68. The molecule has 2 aliphatic heterocycles. The van der Waals surface area contributed by atoms with E-state index in [1.807, 2.05) is 36.4 Å². The van der Waals surface area contributed by atoms with Gasteiger partial charge < -0.3 is 0 Å². The molecule has 4 nitrogen and oxygen atoms in total. The van der Waals surface area contributed by atoms with Gasteiger partial charge in [0.2, 0.25) is 0 Å². The molecular weight excluding hydrogens is 224 g/mol. The summed E-state index contributed by atoms with van der Waals surface area (Å²) in [5.74, 6) is 0. The third-order valence-corrected chi connectivity index (χ3v) is 4.81. The van der Waals surface area contributed by atoms with Crippen molar-refractivity contribution in [2.45, 2.75) is 6.42 Å². The lowest BCUT2D eigenvalue weighted by molar-refractivity contribution is 0.518. The van der Waals surface area contributed by atoms with Crippen molar-refractivity contribution >= 4 is 15.9 Å². The number of benzene rings is 1. The second kappa shape index (κ2) is 3.25. The maximum absolute atomic E-state index is 12.2. The zero-order chi connectivity index (χ0) is 11.2. The summed E-state index contributed by atoms with van der Waals surface area (Å²) in [5, 5.41) is 0. The van der Waals surface area contributed by atoms with Gasteiger partial charge in [0.25, 0.3) is 0 Å². The van der Waals surface area contributed by atoms with Crippen molar-refractivity contribution in [2.24, 2.45) is 0 Å². The minimum Gasteiger partial charge on any atom is -0.255 e. The average molecular weight is 236 g/mol. The molecule has 0 unspecified atom stereocenters. The molecule has 16 heavy (non-hydrogen) atoms. The summed E-state index contributed by atoms with van der Waals surface area (Å²) in [6.07, 6.45) is 2.83. The molecule has 84 valence electrons. The van der Waals surface area contributed by atoms with Crippen LogP contribution < -0.4 is 4.31 Å². The second-order valence-electron chi connectivity index (χ2n) is 3.91. The van der Waals surface area contributed by atoms with Gasteiger partial charge in [-0.15, -0.1) is 0 Å². The summed E-state index contributed by atoms with van der Waals surface area (Å²) in [4.78, 5) is 0. The highest BCUT2D eigenvalue weighted by Crippen LogP contribution is 2.33. The molecule has 0 spiro atoms. The van der Waals surface area contributed by atoms with Gasteiger partial charge >= 0.3 is 10.2 Å². The number of hydrogen-bond donors (Lipinski definition) is 0. The van der Waals surface area contributed by atoms with E-state index in [4.69, 9.17) is 0 Å². The van der Waals surface area contributed by atoms with Gasteiger partial charge in [0, 0.05) is 12.2 Å². The highest BCUT2D eigenvalue weighted by atomic mass is 32.2. The Morgan fingerprint density at radius 1 is 1.06 bits per heavy atom. The molecule has 3 rings (SSSR count). The van der Waals surface area contributed by atoms with Gasteiger partial charge in [-0.25, -0.2) is 4.31 Å². The molecule has 0 aliphatic carbocycles. The largest absolute Gasteiger partial charge is 0.326 e. The fraction of sp³-hybridized carbons (Fsp3) is 0.273. The number of hydrogen-bond acceptors (Lipinski definition) is 2. The van der Waals surface area contributed by atoms with Crippen LogP contribution in [0, 0.1) is 0 Å². The quantitative estimate of drug-likeness (QED) is 0.738. The van der Waals surface area contributed by atoms with Crippen LogP contribution in [0.25, 0.3) is 0 Å². The Morgan fingerprint density at radius 2 is 1.81 bits per heavy atom. The normalized spacial score (nSPS) is 22.1. The number of anilines is 1. The summed E-state index contributed by atoms with van der Waals surface area (Å²) < 4.78 is 27.3. The third-order valence-electron chi connectivity index (χ3n) is 2.94. The van der Waals surface area contributed by atoms with Crippen LogP contribution in [-0.4, -0.2) is 25.8 Å². The van der Waals surface area contributed by atoms with Crippen molar-refractivity contribution in [3.8, 4) is 0 Å². The first-order valence-electron chi connectivity index (χ1n) is 5.24. The van der Waals surface area contributed by atoms with Gasteiger partial charge in [-0.3, -0.25) is 4.31 Å². The van der Waals surface area contributed by atoms with Crippen molar-refractivity contribution in [1.82, 2.24) is 4.31 Å². The van der Waals surface area contributed by atoms with E-state index in [2.05, 4.69) is 0 Å². The van der Waals surface area contributed by atoms with E-state index in [1.54, 1.807) is 0 Å². The molecule has 0 bridgehead atoms. The van der Waals surface area contributed by atoms with Crippen molar-refractivity contribution < 1.29 is 8.42 Å². The van der Waals surface area contributed by atoms with Crippen LogP contribution in [0.4, 0.5) is 5.69 Å². The van der Waals surface area contributed by atoms with E-state index in [1.165, 1.54) is 8.61 Å². The molecule has 1 aromatic carbocycles. The van der Waals surface area contributed by atoms with Crippen LogP contribution in [0.2, 0.25) is 0 Å². The van der Waals surface area contributed by atoms with Crippen LogP contribution >= 0.6 is 0 Å². The molecule has 5 heteroatoms. The van der Waals surface area contributed by atoms with Crippen molar-refractivity contribution in [3.05, 3.63) is 42.1 Å². The molecular formula is C11H12N2O2S. The highest BCUT2D eigenvalue weighted by molar-refractivity contribution is 7.91. The summed E-state index contributed by atoms with van der Waals surface area (Å²) in [6.45, 7) is 1.05. The summed E-state index contributed by atoms with van der Waals surface area (Å²) in [6, 6.07) is 9.22. The minimum absolute atomic E-state index is 0.465. The fourth-order valence-electron chi connectivity index (χ4n) is 2.17. The highest BCUT2D eigenvalue weighted by Gasteiger charge is 2.41. The third kappa shape index (κ3) is 1.24. The van der Waals surface area contributed by atoms with Crippen LogP contribution in [0.3, 0.4) is 0 Å². The van der Waals surface area contributed by atoms with Crippen LogP contribution in [-0.2, 0) is 10.2 Å². The van der Waals surface area contributed by atoms with E-state index in [-0.39, 0.29) is 0 Å². The van der Waals surface area contributed by atoms with E-state index in [9.17, 15) is 8.42 Å². The number of fused-ring (bicyclic) bond motifs is 1. The lowest BCUT2D eigenvalue weighted by atomic mass is 10.3. The maximum atomic E-state index is 12.2. The van der Waals surface area contributed by atoms with Gasteiger partial charge in [-0.2, -0.15) is 8.42 Å². The first-order chi connectivity index (χ1) is 7.69. The average Bonchev–Trinajstić information content (AvgIpc) is 2.83. The van der Waals surface area contributed by atoms with Crippen molar-refractivity contribution in [3.63, 3.8) is 0 Å². The molecule has 1 aromatic rings. The SMILES string of the molecule is O=S1(=O)N2CCC=C2CN1c1ccccc1. The Bertz CT molecular complexity index is 536. The van der Waals surface area contributed by atoms with E-state index in [0.717, 1.165) is 17.8 Å². The van der Waals surface area contributed by atoms with Gasteiger partial charge in [-0.05, 0) is 18.6 Å².